The van der Waals surface area contributed by atoms with Gasteiger partial charge in [-0.2, -0.15) is 0 Å². The summed E-state index contributed by atoms with van der Waals surface area (Å²) in [5.41, 5.74) is 0. The summed E-state index contributed by atoms with van der Waals surface area (Å²) in [6.45, 7) is 0. The molecule has 0 saturated heterocycles. The molecule has 0 bridgehead atoms. The van der Waals surface area contributed by atoms with Gasteiger partial charge in [-0.15, -0.1) is 5.14 Å². The summed E-state index contributed by atoms with van der Waals surface area (Å²) in [6.07, 6.45) is 0. The molecule has 0 aromatic heterocycles. The first kappa shape index (κ1) is 7.88. The Bertz CT molecular complexity index is 211. The van der Waals surface area contributed by atoms with Gasteiger partial charge in [-0.3, -0.25) is 0 Å². The standard InChI is InChI=1S/C6H6ClNOS/c7-5-1-3-6(4-2-5)10(8)9/h1-4H,8H2/t10-/m0/s1. The number of benzene rings is 1. The number of hydrogen-bond donors (Lipinski definition) is 1. The first-order valence-corrected chi connectivity index (χ1v) is 4.21. The third kappa shape index (κ3) is 1.88. The lowest BCUT2D eigenvalue weighted by Crippen LogP contribution is -2.11. The molecule has 2 nitrogen and oxygen atoms in total. The number of rotatable bonds is 1. The minimum atomic E-state index is -1.40. The molecule has 0 radical (unpaired) electrons. The molecule has 1 rings (SSSR count). The molecule has 0 amide bonds. The highest BCUT2D eigenvalue weighted by atomic mass is 35.5. The van der Waals surface area contributed by atoms with E-state index in [4.69, 9.17) is 16.7 Å². The van der Waals surface area contributed by atoms with E-state index in [0.717, 1.165) is 0 Å². The van der Waals surface area contributed by atoms with Crippen molar-refractivity contribution in [3.8, 4) is 0 Å². The second-order valence-corrected chi connectivity index (χ2v) is 3.25. The van der Waals surface area contributed by atoms with Gasteiger partial charge in [0.05, 0.1) is 11.4 Å². The quantitative estimate of drug-likeness (QED) is 0.655. The maximum Gasteiger partial charge on any atom is 0.173 e. The fraction of sp³-hybridized carbons (Fsp3) is 0. The molecule has 10 heavy (non-hydrogen) atoms. The van der Waals surface area contributed by atoms with E-state index in [-0.39, 0.29) is 0 Å². The molecule has 1 aromatic rings. The number of nitrogens with two attached hydrogens (primary N) is 1. The van der Waals surface area contributed by atoms with Crippen molar-refractivity contribution in [3.63, 3.8) is 0 Å². The zero-order chi connectivity index (χ0) is 7.56. The van der Waals surface area contributed by atoms with Gasteiger partial charge in [-0.1, -0.05) is 11.6 Å². The normalized spacial score (nSPS) is 13.1. The molecule has 0 saturated carbocycles. The third-order valence-corrected chi connectivity index (χ3v) is 2.03. The van der Waals surface area contributed by atoms with Gasteiger partial charge in [0.1, 0.15) is 0 Å². The molecule has 2 N–H and O–H groups in total. The molecular weight excluding hydrogens is 170 g/mol. The Kier molecular flexibility index (Phi) is 2.56. The molecule has 4 heteroatoms. The topological polar surface area (TPSA) is 49.1 Å². The fourth-order valence-corrected chi connectivity index (χ4v) is 1.10. The Morgan fingerprint density at radius 1 is 1.30 bits per heavy atom. The molecule has 1 atom stereocenters. The van der Waals surface area contributed by atoms with Crippen molar-refractivity contribution in [2.45, 2.75) is 4.90 Å². The second-order valence-electron chi connectivity index (χ2n) is 1.75. The highest BCUT2D eigenvalue weighted by Crippen LogP contribution is 2.11. The monoisotopic (exact) mass is 175 g/mol. The Labute approximate surface area is 67.3 Å². The summed E-state index contributed by atoms with van der Waals surface area (Å²) >= 11 is 4.18. The van der Waals surface area contributed by atoms with Crippen LogP contribution in [0.15, 0.2) is 29.2 Å². The van der Waals surface area contributed by atoms with Crippen LogP contribution in [0.3, 0.4) is 0 Å². The smallest absolute Gasteiger partial charge is 0.173 e. The van der Waals surface area contributed by atoms with Gasteiger partial charge < -0.3 is 4.55 Å². The van der Waals surface area contributed by atoms with Gasteiger partial charge in [0.2, 0.25) is 0 Å². The van der Waals surface area contributed by atoms with Crippen LogP contribution < -0.4 is 5.14 Å². The highest BCUT2D eigenvalue weighted by Gasteiger charge is 2.02. The zero-order valence-corrected chi connectivity index (χ0v) is 6.65. The average molecular weight is 176 g/mol. The van der Waals surface area contributed by atoms with Crippen molar-refractivity contribution in [2.75, 3.05) is 0 Å². The molecule has 0 spiro atoms. The van der Waals surface area contributed by atoms with Crippen LogP contribution in [-0.2, 0) is 11.4 Å². The summed E-state index contributed by atoms with van der Waals surface area (Å²) in [5.74, 6) is 0. The molecule has 0 fully saturated rings. The van der Waals surface area contributed by atoms with Crippen LogP contribution in [0.25, 0.3) is 0 Å². The molecule has 54 valence electrons. The Hall–Kier alpha value is -0.220. The van der Waals surface area contributed by atoms with Crippen LogP contribution in [0.5, 0.6) is 0 Å². The van der Waals surface area contributed by atoms with E-state index in [1.165, 1.54) is 0 Å². The second kappa shape index (κ2) is 3.25. The van der Waals surface area contributed by atoms with Crippen LogP contribution in [-0.4, -0.2) is 4.55 Å². The average Bonchev–Trinajstić information content (AvgIpc) is 1.88. The van der Waals surface area contributed by atoms with E-state index in [2.05, 4.69) is 0 Å². The minimum Gasteiger partial charge on any atom is -0.593 e. The van der Waals surface area contributed by atoms with E-state index in [1.807, 2.05) is 0 Å². The maximum atomic E-state index is 10.6. The lowest BCUT2D eigenvalue weighted by atomic mass is 10.4. The van der Waals surface area contributed by atoms with Gasteiger partial charge in [-0.05, 0) is 24.3 Å². The maximum absolute atomic E-state index is 10.6. The predicted molar refractivity (Wildman–Crippen MR) is 42.0 cm³/mol. The molecule has 0 unspecified atom stereocenters. The van der Waals surface area contributed by atoms with E-state index < -0.39 is 11.4 Å². The molecule has 0 heterocycles. The zero-order valence-electron chi connectivity index (χ0n) is 5.08. The largest absolute Gasteiger partial charge is 0.593 e. The van der Waals surface area contributed by atoms with E-state index in [1.54, 1.807) is 24.3 Å². The molecular formula is C6H6ClNOS. The Morgan fingerprint density at radius 2 is 1.80 bits per heavy atom. The van der Waals surface area contributed by atoms with E-state index in [0.29, 0.717) is 9.92 Å². The molecule has 0 aliphatic carbocycles. The predicted octanol–water partition coefficient (Wildman–Crippen LogP) is 1.32. The van der Waals surface area contributed by atoms with Gasteiger partial charge >= 0.3 is 0 Å². The first-order chi connectivity index (χ1) is 4.70. The van der Waals surface area contributed by atoms with Crippen LogP contribution in [0.1, 0.15) is 0 Å². The van der Waals surface area contributed by atoms with Crippen LogP contribution >= 0.6 is 11.6 Å². The number of hydrogen-bond acceptors (Lipinski definition) is 2. The van der Waals surface area contributed by atoms with Crippen molar-refractivity contribution < 1.29 is 4.55 Å². The van der Waals surface area contributed by atoms with Crippen molar-refractivity contribution in [1.29, 1.82) is 0 Å². The highest BCUT2D eigenvalue weighted by molar-refractivity contribution is 7.89. The summed E-state index contributed by atoms with van der Waals surface area (Å²) in [5, 5.41) is 5.71. The van der Waals surface area contributed by atoms with Crippen LogP contribution in [0.4, 0.5) is 0 Å². The van der Waals surface area contributed by atoms with Crippen molar-refractivity contribution >= 4 is 23.0 Å². The van der Waals surface area contributed by atoms with E-state index in [9.17, 15) is 4.55 Å². The van der Waals surface area contributed by atoms with Crippen LogP contribution in [0, 0.1) is 0 Å². The minimum absolute atomic E-state index is 0.587. The van der Waals surface area contributed by atoms with E-state index >= 15 is 0 Å². The van der Waals surface area contributed by atoms with Gasteiger partial charge in [0.15, 0.2) is 4.90 Å². The van der Waals surface area contributed by atoms with Crippen molar-refractivity contribution in [1.82, 2.24) is 0 Å². The summed E-state index contributed by atoms with van der Waals surface area (Å²) in [6, 6.07) is 6.58. The lowest BCUT2D eigenvalue weighted by molar-refractivity contribution is 0.597. The first-order valence-electron chi connectivity index (χ1n) is 2.62. The summed E-state index contributed by atoms with van der Waals surface area (Å²) in [4.78, 5) is 0.587. The lowest BCUT2D eigenvalue weighted by Gasteiger charge is -2.00. The summed E-state index contributed by atoms with van der Waals surface area (Å²) < 4.78 is 10.6. The number of halogens is 1. The molecule has 0 aliphatic rings. The van der Waals surface area contributed by atoms with Gasteiger partial charge in [0, 0.05) is 5.02 Å². The SMILES string of the molecule is N[S@@+]([O-])c1ccc(Cl)cc1. The van der Waals surface area contributed by atoms with Gasteiger partial charge in [-0.25, -0.2) is 0 Å². The van der Waals surface area contributed by atoms with Crippen LogP contribution in [0.2, 0.25) is 5.02 Å². The third-order valence-electron chi connectivity index (χ3n) is 1.05. The Morgan fingerprint density at radius 3 is 2.20 bits per heavy atom. The Balaban J connectivity index is 2.89. The van der Waals surface area contributed by atoms with Crippen molar-refractivity contribution in [2.24, 2.45) is 5.14 Å². The molecule has 0 aliphatic heterocycles. The molecule has 1 aromatic carbocycles. The van der Waals surface area contributed by atoms with Crippen molar-refractivity contribution in [3.05, 3.63) is 29.3 Å². The fourth-order valence-electron chi connectivity index (χ4n) is 0.569. The summed E-state index contributed by atoms with van der Waals surface area (Å²) in [7, 11) is 0. The van der Waals surface area contributed by atoms with Gasteiger partial charge in [0.25, 0.3) is 0 Å².